The Bertz CT molecular complexity index is 433. The average molecular weight is 190 g/mol. The van der Waals surface area contributed by atoms with Gasteiger partial charge in [-0.2, -0.15) is 0 Å². The molecule has 0 amide bonds. The van der Waals surface area contributed by atoms with Gasteiger partial charge in [-0.3, -0.25) is 9.36 Å². The maximum atomic E-state index is 12.2. The van der Waals surface area contributed by atoms with Gasteiger partial charge in [0.05, 0.1) is 5.56 Å². The lowest BCUT2D eigenvalue weighted by Crippen LogP contribution is -2.38. The SMILES string of the molecule is Cn1cc(C(F)F)c(=O)n(C)c1=O. The van der Waals surface area contributed by atoms with Crippen molar-refractivity contribution >= 4 is 0 Å². The Labute approximate surface area is 72.0 Å². The number of rotatable bonds is 1. The molecule has 0 bridgehead atoms. The third-order valence-electron chi connectivity index (χ3n) is 1.71. The lowest BCUT2D eigenvalue weighted by molar-refractivity contribution is 0.147. The van der Waals surface area contributed by atoms with Gasteiger partial charge in [0.2, 0.25) is 0 Å². The van der Waals surface area contributed by atoms with Crippen LogP contribution in [0.1, 0.15) is 12.0 Å². The van der Waals surface area contributed by atoms with E-state index in [9.17, 15) is 18.4 Å². The van der Waals surface area contributed by atoms with Crippen LogP contribution in [-0.4, -0.2) is 9.13 Å². The van der Waals surface area contributed by atoms with Crippen LogP contribution in [0.4, 0.5) is 8.78 Å². The van der Waals surface area contributed by atoms with Gasteiger partial charge in [0.1, 0.15) is 0 Å². The summed E-state index contributed by atoms with van der Waals surface area (Å²) in [7, 11) is 2.48. The highest BCUT2D eigenvalue weighted by Crippen LogP contribution is 2.12. The minimum absolute atomic E-state index is 0.616. The number of hydrogen-bond acceptors (Lipinski definition) is 2. The zero-order chi connectivity index (χ0) is 10.2. The molecule has 0 radical (unpaired) electrons. The van der Waals surface area contributed by atoms with Crippen molar-refractivity contribution < 1.29 is 8.78 Å². The second kappa shape index (κ2) is 3.12. The van der Waals surface area contributed by atoms with Crippen molar-refractivity contribution in [2.75, 3.05) is 0 Å². The summed E-state index contributed by atoms with van der Waals surface area (Å²) in [6.07, 6.45) is -2.00. The predicted octanol–water partition coefficient (Wildman–Crippen LogP) is 0.0216. The van der Waals surface area contributed by atoms with Gasteiger partial charge < -0.3 is 4.57 Å². The highest BCUT2D eigenvalue weighted by Gasteiger charge is 2.15. The molecule has 72 valence electrons. The Kier molecular flexibility index (Phi) is 2.31. The predicted molar refractivity (Wildman–Crippen MR) is 41.9 cm³/mol. The topological polar surface area (TPSA) is 44.0 Å². The average Bonchev–Trinajstić information content (AvgIpc) is 2.07. The van der Waals surface area contributed by atoms with Crippen molar-refractivity contribution in [3.8, 4) is 0 Å². The van der Waals surface area contributed by atoms with Gasteiger partial charge in [0.25, 0.3) is 12.0 Å². The van der Waals surface area contributed by atoms with E-state index in [-0.39, 0.29) is 0 Å². The quantitative estimate of drug-likeness (QED) is 0.626. The number of halogens is 2. The lowest BCUT2D eigenvalue weighted by atomic mass is 10.3. The molecule has 1 aromatic heterocycles. The molecule has 1 heterocycles. The van der Waals surface area contributed by atoms with E-state index in [0.29, 0.717) is 4.57 Å². The van der Waals surface area contributed by atoms with Crippen molar-refractivity contribution in [2.24, 2.45) is 14.1 Å². The molecule has 0 atom stereocenters. The minimum atomic E-state index is -2.86. The molecule has 0 fully saturated rings. The summed E-state index contributed by atoms with van der Waals surface area (Å²) in [5.41, 5.74) is -2.22. The summed E-state index contributed by atoms with van der Waals surface area (Å²) < 4.78 is 26.0. The Hall–Kier alpha value is -1.46. The molecule has 0 N–H and O–H groups in total. The van der Waals surface area contributed by atoms with Crippen LogP contribution in [-0.2, 0) is 14.1 Å². The van der Waals surface area contributed by atoms with Crippen LogP contribution in [0.2, 0.25) is 0 Å². The summed E-state index contributed by atoms with van der Waals surface area (Å²) in [6.45, 7) is 0. The molecule has 0 aliphatic heterocycles. The molecule has 0 unspecified atom stereocenters. The largest absolute Gasteiger partial charge is 0.330 e. The van der Waals surface area contributed by atoms with Crippen molar-refractivity contribution in [3.63, 3.8) is 0 Å². The van der Waals surface area contributed by atoms with Crippen LogP contribution in [0.25, 0.3) is 0 Å². The molecule has 0 saturated heterocycles. The van der Waals surface area contributed by atoms with Gasteiger partial charge in [-0.15, -0.1) is 0 Å². The molecular formula is C7H8F2N2O2. The summed E-state index contributed by atoms with van der Waals surface area (Å²) >= 11 is 0. The zero-order valence-corrected chi connectivity index (χ0v) is 7.12. The summed E-state index contributed by atoms with van der Waals surface area (Å²) in [4.78, 5) is 22.1. The molecule has 0 saturated carbocycles. The minimum Gasteiger partial charge on any atom is -0.303 e. The summed E-state index contributed by atoms with van der Waals surface area (Å²) in [5.74, 6) is 0. The fraction of sp³-hybridized carbons (Fsp3) is 0.429. The van der Waals surface area contributed by atoms with E-state index in [0.717, 1.165) is 17.8 Å². The van der Waals surface area contributed by atoms with E-state index in [2.05, 4.69) is 0 Å². The molecule has 0 aromatic carbocycles. The van der Waals surface area contributed by atoms with Gasteiger partial charge in [0, 0.05) is 20.3 Å². The number of aryl methyl sites for hydroxylation is 1. The van der Waals surface area contributed by atoms with Crippen LogP contribution in [0.15, 0.2) is 15.8 Å². The third kappa shape index (κ3) is 1.51. The highest BCUT2D eigenvalue weighted by molar-refractivity contribution is 5.06. The third-order valence-corrected chi connectivity index (χ3v) is 1.71. The fourth-order valence-corrected chi connectivity index (χ4v) is 0.986. The standard InChI is InChI=1S/C7H8F2N2O2/c1-10-3-4(5(8)9)6(12)11(2)7(10)13/h3,5H,1-2H3. The Morgan fingerprint density at radius 1 is 1.31 bits per heavy atom. The second-order valence-corrected chi connectivity index (χ2v) is 2.64. The fourth-order valence-electron chi connectivity index (χ4n) is 0.986. The zero-order valence-electron chi connectivity index (χ0n) is 7.12. The van der Waals surface area contributed by atoms with Crippen LogP contribution >= 0.6 is 0 Å². The molecule has 0 spiro atoms. The van der Waals surface area contributed by atoms with E-state index in [4.69, 9.17) is 0 Å². The van der Waals surface area contributed by atoms with E-state index in [1.165, 1.54) is 7.05 Å². The van der Waals surface area contributed by atoms with E-state index in [1.54, 1.807) is 0 Å². The Morgan fingerprint density at radius 3 is 2.31 bits per heavy atom. The molecule has 13 heavy (non-hydrogen) atoms. The monoisotopic (exact) mass is 190 g/mol. The molecule has 6 heteroatoms. The molecule has 0 aliphatic carbocycles. The highest BCUT2D eigenvalue weighted by atomic mass is 19.3. The molecule has 4 nitrogen and oxygen atoms in total. The summed E-state index contributed by atoms with van der Waals surface area (Å²) in [6, 6.07) is 0. The second-order valence-electron chi connectivity index (χ2n) is 2.64. The number of hydrogen-bond donors (Lipinski definition) is 0. The summed E-state index contributed by atoms with van der Waals surface area (Å²) in [5, 5.41) is 0. The van der Waals surface area contributed by atoms with E-state index >= 15 is 0 Å². The van der Waals surface area contributed by atoms with Gasteiger partial charge >= 0.3 is 5.69 Å². The smallest absolute Gasteiger partial charge is 0.303 e. The maximum absolute atomic E-state index is 12.2. The normalized spacial score (nSPS) is 10.8. The Balaban J connectivity index is 3.60. The van der Waals surface area contributed by atoms with E-state index < -0.39 is 23.2 Å². The van der Waals surface area contributed by atoms with Crippen molar-refractivity contribution in [3.05, 3.63) is 32.6 Å². The first-order chi connectivity index (χ1) is 5.95. The van der Waals surface area contributed by atoms with Crippen LogP contribution < -0.4 is 11.2 Å². The maximum Gasteiger partial charge on any atom is 0.330 e. The first-order valence-electron chi connectivity index (χ1n) is 3.50. The van der Waals surface area contributed by atoms with E-state index in [1.807, 2.05) is 0 Å². The van der Waals surface area contributed by atoms with Crippen LogP contribution in [0.3, 0.4) is 0 Å². The number of aromatic nitrogens is 2. The van der Waals surface area contributed by atoms with Crippen molar-refractivity contribution in [2.45, 2.75) is 6.43 Å². The molecule has 1 rings (SSSR count). The first kappa shape index (κ1) is 9.63. The number of alkyl halides is 2. The van der Waals surface area contributed by atoms with Gasteiger partial charge in [-0.1, -0.05) is 0 Å². The van der Waals surface area contributed by atoms with Crippen molar-refractivity contribution in [1.29, 1.82) is 0 Å². The van der Waals surface area contributed by atoms with Crippen LogP contribution in [0, 0.1) is 0 Å². The number of nitrogens with zero attached hydrogens (tertiary/aromatic N) is 2. The van der Waals surface area contributed by atoms with Crippen LogP contribution in [0.5, 0.6) is 0 Å². The van der Waals surface area contributed by atoms with Gasteiger partial charge in [-0.05, 0) is 0 Å². The Morgan fingerprint density at radius 2 is 1.85 bits per heavy atom. The molecule has 0 aliphatic rings. The molecule has 1 aromatic rings. The van der Waals surface area contributed by atoms with Gasteiger partial charge in [-0.25, -0.2) is 13.6 Å². The first-order valence-corrected chi connectivity index (χ1v) is 3.50. The lowest BCUT2D eigenvalue weighted by Gasteiger charge is -2.04. The molecular weight excluding hydrogens is 182 g/mol. The van der Waals surface area contributed by atoms with Gasteiger partial charge in [0.15, 0.2) is 0 Å². The van der Waals surface area contributed by atoms with Crippen molar-refractivity contribution in [1.82, 2.24) is 9.13 Å².